The molecule has 132 valence electrons. The van der Waals surface area contributed by atoms with E-state index in [0.29, 0.717) is 32.6 Å². The molecule has 0 spiro atoms. The van der Waals surface area contributed by atoms with Gasteiger partial charge in [0.2, 0.25) is 17.7 Å². The highest BCUT2D eigenvalue weighted by Crippen LogP contribution is 2.19. The third-order valence-corrected chi connectivity index (χ3v) is 3.69. The largest absolute Gasteiger partial charge is 0.347 e. The van der Waals surface area contributed by atoms with Gasteiger partial charge in [-0.3, -0.25) is 14.4 Å². The minimum atomic E-state index is -0.396. The fourth-order valence-corrected chi connectivity index (χ4v) is 2.46. The van der Waals surface area contributed by atoms with Crippen LogP contribution in [0, 0.1) is 10.8 Å². The molecule has 0 aromatic rings. The first-order chi connectivity index (χ1) is 10.4. The lowest BCUT2D eigenvalue weighted by atomic mass is 9.92. The van der Waals surface area contributed by atoms with Crippen molar-refractivity contribution in [2.24, 2.45) is 10.8 Å². The smallest absolute Gasteiger partial charge is 0.242 e. The van der Waals surface area contributed by atoms with Crippen molar-refractivity contribution < 1.29 is 14.4 Å². The van der Waals surface area contributed by atoms with Gasteiger partial charge in [-0.1, -0.05) is 41.5 Å². The van der Waals surface area contributed by atoms with Crippen molar-refractivity contribution in [3.05, 3.63) is 0 Å². The maximum Gasteiger partial charge on any atom is 0.242 e. The van der Waals surface area contributed by atoms with Crippen molar-refractivity contribution in [1.29, 1.82) is 0 Å². The molecule has 0 aromatic carbocycles. The van der Waals surface area contributed by atoms with E-state index < -0.39 is 5.41 Å². The van der Waals surface area contributed by atoms with Crippen LogP contribution in [0.1, 0.15) is 48.0 Å². The molecule has 3 amide bonds. The van der Waals surface area contributed by atoms with Crippen LogP contribution in [0.15, 0.2) is 0 Å². The maximum atomic E-state index is 12.2. The van der Waals surface area contributed by atoms with Crippen molar-refractivity contribution in [2.75, 3.05) is 32.7 Å². The van der Waals surface area contributed by atoms with E-state index in [2.05, 4.69) is 5.32 Å². The number of piperazine rings is 1. The Hall–Kier alpha value is -1.59. The zero-order valence-corrected chi connectivity index (χ0v) is 15.4. The van der Waals surface area contributed by atoms with E-state index in [0.717, 1.165) is 0 Å². The Morgan fingerprint density at radius 3 is 1.78 bits per heavy atom. The standard InChI is InChI=1S/C17H31N3O3/c1-16(2,3)11-13(21)18-12-14(22)19-7-9-20(10-8-19)15(23)17(4,5)6/h7-12H2,1-6H3,(H,18,21). The van der Waals surface area contributed by atoms with Gasteiger partial charge in [0.05, 0.1) is 6.54 Å². The molecule has 0 unspecified atom stereocenters. The summed E-state index contributed by atoms with van der Waals surface area (Å²) in [6, 6.07) is 0. The molecule has 1 rings (SSSR count). The fraction of sp³-hybridized carbons (Fsp3) is 0.824. The number of amides is 3. The minimum Gasteiger partial charge on any atom is -0.347 e. The Morgan fingerprint density at radius 2 is 1.35 bits per heavy atom. The first kappa shape index (κ1) is 19.5. The predicted molar refractivity (Wildman–Crippen MR) is 89.7 cm³/mol. The molecule has 0 aliphatic carbocycles. The number of carbonyl (C=O) groups excluding carboxylic acids is 3. The number of nitrogens with one attached hydrogen (secondary N) is 1. The second-order valence-electron chi connectivity index (χ2n) is 8.44. The van der Waals surface area contributed by atoms with E-state index >= 15 is 0 Å². The summed E-state index contributed by atoms with van der Waals surface area (Å²) in [6.07, 6.45) is 0.397. The van der Waals surface area contributed by atoms with E-state index in [4.69, 9.17) is 0 Å². The highest BCUT2D eigenvalue weighted by molar-refractivity contribution is 5.85. The van der Waals surface area contributed by atoms with Gasteiger partial charge in [-0.25, -0.2) is 0 Å². The Balaban J connectivity index is 2.38. The molecule has 1 aliphatic heterocycles. The van der Waals surface area contributed by atoms with Crippen molar-refractivity contribution >= 4 is 17.7 Å². The molecule has 1 fully saturated rings. The number of carbonyl (C=O) groups is 3. The molecular formula is C17H31N3O3. The van der Waals surface area contributed by atoms with Gasteiger partial charge in [0, 0.05) is 38.0 Å². The summed E-state index contributed by atoms with van der Waals surface area (Å²) in [6.45, 7) is 13.8. The second kappa shape index (κ2) is 7.32. The van der Waals surface area contributed by atoms with Gasteiger partial charge in [0.15, 0.2) is 0 Å². The minimum absolute atomic E-state index is 0.0299. The van der Waals surface area contributed by atoms with E-state index in [1.54, 1.807) is 4.90 Å². The Morgan fingerprint density at radius 1 is 0.870 bits per heavy atom. The number of hydrogen-bond acceptors (Lipinski definition) is 3. The van der Waals surface area contributed by atoms with Crippen LogP contribution in [0.3, 0.4) is 0 Å². The monoisotopic (exact) mass is 325 g/mol. The summed E-state index contributed by atoms with van der Waals surface area (Å²) in [7, 11) is 0. The first-order valence-corrected chi connectivity index (χ1v) is 8.24. The molecule has 0 aromatic heterocycles. The normalized spacial score (nSPS) is 16.3. The van der Waals surface area contributed by atoms with Crippen LogP contribution in [0.2, 0.25) is 0 Å². The van der Waals surface area contributed by atoms with Gasteiger partial charge in [-0.05, 0) is 5.41 Å². The molecule has 0 atom stereocenters. The lowest BCUT2D eigenvalue weighted by Crippen LogP contribution is -2.54. The number of rotatable bonds is 3. The van der Waals surface area contributed by atoms with Gasteiger partial charge in [0.25, 0.3) is 0 Å². The van der Waals surface area contributed by atoms with E-state index in [1.165, 1.54) is 0 Å². The lowest BCUT2D eigenvalue weighted by Gasteiger charge is -2.37. The first-order valence-electron chi connectivity index (χ1n) is 8.24. The fourth-order valence-electron chi connectivity index (χ4n) is 2.46. The van der Waals surface area contributed by atoms with Gasteiger partial charge in [0.1, 0.15) is 0 Å². The SMILES string of the molecule is CC(C)(C)CC(=O)NCC(=O)N1CCN(C(=O)C(C)(C)C)CC1. The molecule has 0 saturated carbocycles. The highest BCUT2D eigenvalue weighted by atomic mass is 16.2. The van der Waals surface area contributed by atoms with Gasteiger partial charge < -0.3 is 15.1 Å². The summed E-state index contributed by atoms with van der Waals surface area (Å²) in [5.41, 5.74) is -0.487. The zero-order valence-electron chi connectivity index (χ0n) is 15.4. The highest BCUT2D eigenvalue weighted by Gasteiger charge is 2.30. The van der Waals surface area contributed by atoms with Crippen molar-refractivity contribution in [2.45, 2.75) is 48.0 Å². The zero-order chi connectivity index (χ0) is 17.8. The van der Waals surface area contributed by atoms with Gasteiger partial charge in [-0.2, -0.15) is 0 Å². The Bertz CT molecular complexity index is 453. The molecule has 1 heterocycles. The lowest BCUT2D eigenvalue weighted by molar-refractivity contribution is -0.144. The quantitative estimate of drug-likeness (QED) is 0.849. The molecule has 0 bridgehead atoms. The summed E-state index contributed by atoms with van der Waals surface area (Å²) < 4.78 is 0. The second-order valence-corrected chi connectivity index (χ2v) is 8.44. The van der Waals surface area contributed by atoms with Crippen LogP contribution in [-0.2, 0) is 14.4 Å². The van der Waals surface area contributed by atoms with Gasteiger partial charge in [-0.15, -0.1) is 0 Å². The van der Waals surface area contributed by atoms with Crippen molar-refractivity contribution in [3.8, 4) is 0 Å². The van der Waals surface area contributed by atoms with Crippen molar-refractivity contribution in [3.63, 3.8) is 0 Å². The molecular weight excluding hydrogens is 294 g/mol. The van der Waals surface area contributed by atoms with Crippen LogP contribution in [0.4, 0.5) is 0 Å². The molecule has 6 nitrogen and oxygen atoms in total. The summed E-state index contributed by atoms with van der Waals surface area (Å²) in [5, 5.41) is 2.68. The molecule has 6 heteroatoms. The third-order valence-electron chi connectivity index (χ3n) is 3.69. The summed E-state index contributed by atoms with van der Waals surface area (Å²) >= 11 is 0. The van der Waals surface area contributed by atoms with Gasteiger partial charge >= 0.3 is 0 Å². The molecule has 1 saturated heterocycles. The molecule has 0 radical (unpaired) electrons. The Labute approximate surface area is 139 Å². The van der Waals surface area contributed by atoms with Crippen LogP contribution in [0.5, 0.6) is 0 Å². The van der Waals surface area contributed by atoms with E-state index in [9.17, 15) is 14.4 Å². The van der Waals surface area contributed by atoms with E-state index in [1.807, 2.05) is 46.4 Å². The van der Waals surface area contributed by atoms with Crippen LogP contribution in [-0.4, -0.2) is 60.2 Å². The number of hydrogen-bond donors (Lipinski definition) is 1. The van der Waals surface area contributed by atoms with Crippen molar-refractivity contribution in [1.82, 2.24) is 15.1 Å². The third kappa shape index (κ3) is 6.59. The average molecular weight is 325 g/mol. The van der Waals surface area contributed by atoms with Crippen LogP contribution < -0.4 is 5.32 Å². The average Bonchev–Trinajstić information content (AvgIpc) is 2.41. The summed E-state index contributed by atoms with van der Waals surface area (Å²) in [5.74, 6) is -0.0782. The summed E-state index contributed by atoms with van der Waals surface area (Å²) in [4.78, 5) is 39.6. The van der Waals surface area contributed by atoms with E-state index in [-0.39, 0.29) is 29.7 Å². The van der Waals surface area contributed by atoms with Crippen LogP contribution >= 0.6 is 0 Å². The molecule has 23 heavy (non-hydrogen) atoms. The van der Waals surface area contributed by atoms with Crippen LogP contribution in [0.25, 0.3) is 0 Å². The Kier molecular flexibility index (Phi) is 6.19. The topological polar surface area (TPSA) is 69.7 Å². The molecule has 1 N–H and O–H groups in total. The maximum absolute atomic E-state index is 12.2. The predicted octanol–water partition coefficient (Wildman–Crippen LogP) is 1.26. The molecule has 1 aliphatic rings. The number of nitrogens with zero attached hydrogens (tertiary/aromatic N) is 2.